The van der Waals surface area contributed by atoms with Crippen LogP contribution in [-0.2, 0) is 4.79 Å². The SMILES string of the molecule is C/C(=C1\C(=O)/C(=C(\C)c2ccc(C#N)cc2)C12CCN(C(=N)N)CC2)c1ccc(C#N)cc1. The minimum absolute atomic E-state index is 0.0509. The van der Waals surface area contributed by atoms with Crippen molar-refractivity contribution in [3.8, 4) is 12.1 Å². The highest BCUT2D eigenvalue weighted by molar-refractivity contribution is 6.26. The number of nitrogens with zero attached hydrogens (tertiary/aromatic N) is 3. The maximum Gasteiger partial charge on any atom is 0.188 e. The number of rotatable bonds is 2. The lowest BCUT2D eigenvalue weighted by Crippen LogP contribution is -2.54. The lowest BCUT2D eigenvalue weighted by molar-refractivity contribution is -0.118. The summed E-state index contributed by atoms with van der Waals surface area (Å²) in [5.74, 6) is 0.106. The van der Waals surface area contributed by atoms with E-state index in [9.17, 15) is 4.79 Å². The minimum Gasteiger partial charge on any atom is -0.370 e. The number of Topliss-reactive ketones (excluding diaryl/α,β-unsaturated/α-hetero) is 1. The molecule has 0 bridgehead atoms. The third-order valence-corrected chi connectivity index (χ3v) is 7.01. The number of hydrogen-bond donors (Lipinski definition) is 2. The van der Waals surface area contributed by atoms with E-state index >= 15 is 0 Å². The molecule has 1 heterocycles. The van der Waals surface area contributed by atoms with Crippen LogP contribution in [0.4, 0.5) is 0 Å². The lowest BCUT2D eigenvalue weighted by atomic mass is 9.52. The van der Waals surface area contributed by atoms with Crippen LogP contribution in [0.3, 0.4) is 0 Å². The Bertz CT molecular complexity index is 1190. The fourth-order valence-corrected chi connectivity index (χ4v) is 5.19. The molecule has 6 nitrogen and oxygen atoms in total. The van der Waals surface area contributed by atoms with Crippen molar-refractivity contribution < 1.29 is 4.79 Å². The van der Waals surface area contributed by atoms with Crippen LogP contribution in [0.15, 0.2) is 59.7 Å². The summed E-state index contributed by atoms with van der Waals surface area (Å²) in [6.07, 6.45) is 1.40. The van der Waals surface area contributed by atoms with Crippen molar-refractivity contribution >= 4 is 22.9 Å². The summed E-state index contributed by atoms with van der Waals surface area (Å²) in [4.78, 5) is 15.5. The van der Waals surface area contributed by atoms with Crippen molar-refractivity contribution in [3.05, 3.63) is 81.9 Å². The number of likely N-dealkylation sites (tertiary alicyclic amines) is 1. The van der Waals surface area contributed by atoms with E-state index in [0.717, 1.165) is 33.4 Å². The van der Waals surface area contributed by atoms with Gasteiger partial charge in [0.15, 0.2) is 11.7 Å². The van der Waals surface area contributed by atoms with Crippen LogP contribution in [0, 0.1) is 33.5 Å². The average molecular weight is 436 g/mol. The molecule has 0 radical (unpaired) electrons. The number of carbonyl (C=O) groups excluding carboxylic acids is 1. The first-order chi connectivity index (χ1) is 15.8. The van der Waals surface area contributed by atoms with E-state index in [1.807, 2.05) is 43.0 Å². The number of piperidine rings is 1. The molecule has 0 unspecified atom stereocenters. The predicted octanol–water partition coefficient (Wildman–Crippen LogP) is 4.24. The minimum atomic E-state index is -0.404. The quantitative estimate of drug-likeness (QED) is 0.416. The molecule has 6 heteroatoms. The van der Waals surface area contributed by atoms with Gasteiger partial charge in [0.25, 0.3) is 0 Å². The second kappa shape index (κ2) is 8.41. The number of benzene rings is 2. The fraction of sp³-hybridized carbons (Fsp3) is 0.259. The molecular formula is C27H25N5O. The van der Waals surface area contributed by atoms with Gasteiger partial charge >= 0.3 is 0 Å². The molecule has 2 aliphatic rings. The molecule has 4 rings (SSSR count). The van der Waals surface area contributed by atoms with Gasteiger partial charge in [-0.1, -0.05) is 24.3 Å². The van der Waals surface area contributed by atoms with Gasteiger partial charge in [-0.15, -0.1) is 0 Å². The lowest BCUT2D eigenvalue weighted by Gasteiger charge is -2.52. The van der Waals surface area contributed by atoms with E-state index < -0.39 is 5.41 Å². The van der Waals surface area contributed by atoms with Crippen molar-refractivity contribution in [2.45, 2.75) is 26.7 Å². The molecule has 1 saturated heterocycles. The first kappa shape index (κ1) is 22.0. The van der Waals surface area contributed by atoms with Crippen molar-refractivity contribution in [1.82, 2.24) is 4.90 Å². The summed E-state index contributed by atoms with van der Waals surface area (Å²) >= 11 is 0. The van der Waals surface area contributed by atoms with Crippen molar-refractivity contribution in [2.75, 3.05) is 13.1 Å². The Labute approximate surface area is 193 Å². The zero-order valence-corrected chi connectivity index (χ0v) is 18.8. The summed E-state index contributed by atoms with van der Waals surface area (Å²) in [5, 5.41) is 26.0. The van der Waals surface area contributed by atoms with Gasteiger partial charge in [-0.25, -0.2) is 0 Å². The number of carbonyl (C=O) groups is 1. The number of nitrogens with one attached hydrogen (secondary N) is 1. The number of guanidine groups is 1. The Morgan fingerprint density at radius 1 is 0.879 bits per heavy atom. The monoisotopic (exact) mass is 435 g/mol. The first-order valence-electron chi connectivity index (χ1n) is 10.9. The molecular weight excluding hydrogens is 410 g/mol. The number of nitriles is 2. The average Bonchev–Trinajstić information content (AvgIpc) is 2.84. The second-order valence-electron chi connectivity index (χ2n) is 8.66. The van der Waals surface area contributed by atoms with Crippen molar-refractivity contribution in [3.63, 3.8) is 0 Å². The van der Waals surface area contributed by atoms with Gasteiger partial charge in [0.2, 0.25) is 0 Å². The summed E-state index contributed by atoms with van der Waals surface area (Å²) in [7, 11) is 0. The second-order valence-corrected chi connectivity index (χ2v) is 8.66. The Kier molecular flexibility index (Phi) is 5.62. The summed E-state index contributed by atoms with van der Waals surface area (Å²) in [6, 6.07) is 18.9. The fourth-order valence-electron chi connectivity index (χ4n) is 5.19. The molecule has 3 N–H and O–H groups in total. The van der Waals surface area contributed by atoms with Crippen LogP contribution in [0.25, 0.3) is 11.1 Å². The highest BCUT2D eigenvalue weighted by Crippen LogP contribution is 2.59. The normalized spacial score (nSPS) is 19.9. The number of hydrogen-bond acceptors (Lipinski definition) is 4. The van der Waals surface area contributed by atoms with Gasteiger partial charge < -0.3 is 10.6 Å². The van der Waals surface area contributed by atoms with Crippen LogP contribution in [0.2, 0.25) is 0 Å². The highest BCUT2D eigenvalue weighted by Gasteiger charge is 2.56. The van der Waals surface area contributed by atoms with Crippen molar-refractivity contribution in [2.24, 2.45) is 11.1 Å². The van der Waals surface area contributed by atoms with E-state index in [1.165, 1.54) is 0 Å². The molecule has 1 aliphatic heterocycles. The molecule has 1 saturated carbocycles. The Morgan fingerprint density at radius 2 is 1.27 bits per heavy atom. The van der Waals surface area contributed by atoms with Crippen LogP contribution < -0.4 is 5.73 Å². The molecule has 164 valence electrons. The zero-order chi connectivity index (χ0) is 23.8. The summed E-state index contributed by atoms with van der Waals surface area (Å²) in [6.45, 7) is 5.16. The van der Waals surface area contributed by atoms with Crippen LogP contribution >= 0.6 is 0 Å². The standard InChI is InChI=1S/C27H25N5O/c1-17(21-7-3-19(15-28)4-8-21)23-25(33)24(18(2)22-9-5-20(16-29)6-10-22)27(23)11-13-32(14-12-27)26(30)31/h3-10H,11-14H2,1-2H3,(H3,30,31)/b23-17-,24-18-. The Morgan fingerprint density at radius 3 is 1.61 bits per heavy atom. The molecule has 2 fully saturated rings. The third-order valence-electron chi connectivity index (χ3n) is 7.01. The van der Waals surface area contributed by atoms with Gasteiger partial charge in [0.05, 0.1) is 23.3 Å². The predicted molar refractivity (Wildman–Crippen MR) is 128 cm³/mol. The number of ketones is 1. The zero-order valence-electron chi connectivity index (χ0n) is 18.8. The Balaban J connectivity index is 1.83. The van der Waals surface area contributed by atoms with Crippen LogP contribution in [0.5, 0.6) is 0 Å². The highest BCUT2D eigenvalue weighted by atomic mass is 16.1. The number of nitrogens with two attached hydrogens (primary N) is 1. The maximum absolute atomic E-state index is 13.6. The van der Waals surface area contributed by atoms with E-state index in [0.29, 0.717) is 37.1 Å². The topological polar surface area (TPSA) is 118 Å². The van der Waals surface area contributed by atoms with E-state index in [2.05, 4.69) is 12.1 Å². The van der Waals surface area contributed by atoms with Crippen molar-refractivity contribution in [1.29, 1.82) is 15.9 Å². The molecule has 0 aromatic heterocycles. The Hall–Kier alpha value is -4.16. The van der Waals surface area contributed by atoms with Gasteiger partial charge in [0.1, 0.15) is 0 Å². The van der Waals surface area contributed by atoms with Gasteiger partial charge in [0, 0.05) is 29.7 Å². The van der Waals surface area contributed by atoms with E-state index in [-0.39, 0.29) is 11.7 Å². The summed E-state index contributed by atoms with van der Waals surface area (Å²) < 4.78 is 0. The maximum atomic E-state index is 13.6. The molecule has 2 aromatic carbocycles. The third kappa shape index (κ3) is 3.60. The largest absolute Gasteiger partial charge is 0.370 e. The molecule has 1 aliphatic carbocycles. The van der Waals surface area contributed by atoms with Crippen LogP contribution in [-0.4, -0.2) is 29.7 Å². The molecule has 2 aromatic rings. The number of allylic oxidation sites excluding steroid dienone is 4. The summed E-state index contributed by atoms with van der Waals surface area (Å²) in [5.41, 5.74) is 11.8. The molecule has 0 atom stereocenters. The van der Waals surface area contributed by atoms with Gasteiger partial charge in [-0.3, -0.25) is 10.2 Å². The first-order valence-corrected chi connectivity index (χ1v) is 10.9. The smallest absolute Gasteiger partial charge is 0.188 e. The van der Waals surface area contributed by atoms with E-state index in [1.54, 1.807) is 24.3 Å². The van der Waals surface area contributed by atoms with Gasteiger partial charge in [-0.05, 0) is 73.2 Å². The molecule has 33 heavy (non-hydrogen) atoms. The van der Waals surface area contributed by atoms with E-state index in [4.69, 9.17) is 21.7 Å². The molecule has 1 spiro atoms. The van der Waals surface area contributed by atoms with Crippen LogP contribution in [0.1, 0.15) is 48.9 Å². The molecule has 0 amide bonds. The van der Waals surface area contributed by atoms with Gasteiger partial charge in [-0.2, -0.15) is 10.5 Å².